The SMILES string of the molecule is CC(C)(C)c1cc(-c2ccccc2)c(N2c3cc4c(cc3B3c5cc6c(cc5Sc5cc(-c7ccc8c(c7)C7(c9ccccc9-c9ccccc97)c7ccccc7N8c7ccccc7)cc2c53)Oc2ccccc2C6(C)C)C(C)(C)c2ccccc2O4)c(-c2ccccc2)c1. The first kappa shape index (κ1) is 56.1. The van der Waals surface area contributed by atoms with Crippen LogP contribution in [0, 0.1) is 0 Å². The Morgan fingerprint density at radius 3 is 1.44 bits per heavy atom. The number of nitrogens with zero attached hydrogens (tertiary/aromatic N) is 2. The van der Waals surface area contributed by atoms with Gasteiger partial charge in [-0.3, -0.25) is 0 Å². The Morgan fingerprint density at radius 2 is 0.842 bits per heavy atom. The van der Waals surface area contributed by atoms with Crippen molar-refractivity contribution in [1.29, 1.82) is 0 Å². The molecule has 13 aromatic rings. The van der Waals surface area contributed by atoms with Crippen molar-refractivity contribution in [3.8, 4) is 67.5 Å². The Hall–Kier alpha value is -10.5. The number of rotatable bonds is 5. The standard InChI is InChI=1S/C89H67BN2O2S/c1-86(2,3)58-48-62(54-27-11-8-12-28-54)85(63(49-58)55-29-13-9-14-30-55)92-76-52-80-70(87(4,5)67-38-22-25-41-78(67)93-80)50-72(76)90-73-51-71-81(94-79-42-26-23-39-68(79)88(71,6)7)53-82(73)95-83-47-57(46-77(92)84(83)90)56-43-44-75-69(45-56)89(64-35-19-17-33-60(64)61-34-18-20-36-65(61)89)66-37-21-24-40-74(66)91(75)59-31-15-10-16-32-59/h8-53H,1-7H3. The Balaban J connectivity index is 0.943. The minimum absolute atomic E-state index is 0.181. The fraction of sp³-hybridized carbons (Fsp3) is 0.124. The predicted molar refractivity (Wildman–Crippen MR) is 394 cm³/mol. The molecular formula is C89H67BN2O2S. The van der Waals surface area contributed by atoms with Crippen molar-refractivity contribution in [2.24, 2.45) is 0 Å². The average Bonchev–Trinajstić information content (AvgIpc) is 1.63. The van der Waals surface area contributed by atoms with E-state index in [9.17, 15) is 0 Å². The summed E-state index contributed by atoms with van der Waals surface area (Å²) >= 11 is 1.89. The van der Waals surface area contributed by atoms with Crippen molar-refractivity contribution in [2.75, 3.05) is 9.80 Å². The van der Waals surface area contributed by atoms with E-state index >= 15 is 0 Å². The number of hydrogen-bond donors (Lipinski definition) is 0. The van der Waals surface area contributed by atoms with E-state index in [1.165, 1.54) is 93.1 Å². The van der Waals surface area contributed by atoms with Crippen molar-refractivity contribution in [2.45, 2.75) is 79.9 Å². The van der Waals surface area contributed by atoms with Gasteiger partial charge in [0.05, 0.1) is 22.5 Å². The molecule has 5 heterocycles. The van der Waals surface area contributed by atoms with Crippen molar-refractivity contribution in [3.05, 3.63) is 329 Å². The van der Waals surface area contributed by atoms with Crippen LogP contribution < -0.4 is 35.7 Å². The third-order valence-electron chi connectivity index (χ3n) is 21.7. The first-order valence-corrected chi connectivity index (χ1v) is 34.2. The van der Waals surface area contributed by atoms with Gasteiger partial charge in [0.2, 0.25) is 6.71 Å². The van der Waals surface area contributed by atoms with Gasteiger partial charge < -0.3 is 19.3 Å². The Kier molecular flexibility index (Phi) is 11.9. The predicted octanol–water partition coefficient (Wildman–Crippen LogP) is 21.8. The largest absolute Gasteiger partial charge is 0.457 e. The second-order valence-electron chi connectivity index (χ2n) is 28.7. The lowest BCUT2D eigenvalue weighted by molar-refractivity contribution is 0.417. The normalized spacial score (nSPS) is 15.4. The summed E-state index contributed by atoms with van der Waals surface area (Å²) in [6, 6.07) is 105. The van der Waals surface area contributed by atoms with Gasteiger partial charge in [0, 0.05) is 77.1 Å². The lowest BCUT2D eigenvalue weighted by atomic mass is 9.34. The lowest BCUT2D eigenvalue weighted by Gasteiger charge is -2.45. The van der Waals surface area contributed by atoms with Crippen LogP contribution in [-0.2, 0) is 21.7 Å². The number of anilines is 6. The summed E-state index contributed by atoms with van der Waals surface area (Å²) in [5.74, 6) is 3.58. The highest BCUT2D eigenvalue weighted by Crippen LogP contribution is 2.65. The molecule has 6 heteroatoms. The molecular weight excluding hydrogens is 1170 g/mol. The number of benzene rings is 13. The first-order valence-electron chi connectivity index (χ1n) is 33.4. The molecule has 0 amide bonds. The molecule has 1 aliphatic carbocycles. The molecule has 13 aromatic carbocycles. The molecule has 0 N–H and O–H groups in total. The quantitative estimate of drug-likeness (QED) is 0.160. The Labute approximate surface area is 561 Å². The van der Waals surface area contributed by atoms with E-state index in [0.29, 0.717) is 0 Å². The fourth-order valence-corrected chi connectivity index (χ4v) is 18.4. The third-order valence-corrected chi connectivity index (χ3v) is 22.9. The van der Waals surface area contributed by atoms with Crippen LogP contribution in [0.5, 0.6) is 23.0 Å². The van der Waals surface area contributed by atoms with Gasteiger partial charge in [-0.15, -0.1) is 0 Å². The Bertz CT molecular complexity index is 5310. The maximum Gasteiger partial charge on any atom is 0.249 e. The molecule has 0 saturated heterocycles. The zero-order chi connectivity index (χ0) is 63.9. The zero-order valence-electron chi connectivity index (χ0n) is 54.3. The summed E-state index contributed by atoms with van der Waals surface area (Å²) < 4.78 is 14.4. The smallest absolute Gasteiger partial charge is 0.249 e. The van der Waals surface area contributed by atoms with Crippen molar-refractivity contribution < 1.29 is 9.47 Å². The summed E-state index contributed by atoms with van der Waals surface area (Å²) in [6.45, 7) is 16.3. The highest BCUT2D eigenvalue weighted by molar-refractivity contribution is 8.00. The van der Waals surface area contributed by atoms with Gasteiger partial charge in [0.25, 0.3) is 0 Å². The minimum Gasteiger partial charge on any atom is -0.457 e. The molecule has 95 heavy (non-hydrogen) atoms. The zero-order valence-corrected chi connectivity index (χ0v) is 55.1. The van der Waals surface area contributed by atoms with E-state index in [-0.39, 0.29) is 17.5 Å². The summed E-state index contributed by atoms with van der Waals surface area (Å²) in [5.41, 5.74) is 29.6. The highest BCUT2D eigenvalue weighted by atomic mass is 32.2. The molecule has 19 rings (SSSR count). The van der Waals surface area contributed by atoms with E-state index in [2.05, 4.69) is 337 Å². The van der Waals surface area contributed by atoms with Crippen LogP contribution in [0.3, 0.4) is 0 Å². The summed E-state index contributed by atoms with van der Waals surface area (Å²) in [5, 5.41) is 0. The van der Waals surface area contributed by atoms with Gasteiger partial charge in [0.1, 0.15) is 23.0 Å². The van der Waals surface area contributed by atoms with Gasteiger partial charge in [0.15, 0.2) is 0 Å². The molecule has 5 aliphatic heterocycles. The molecule has 6 aliphatic rings. The van der Waals surface area contributed by atoms with E-state index in [1.807, 2.05) is 11.8 Å². The molecule has 0 unspecified atom stereocenters. The third kappa shape index (κ3) is 7.98. The molecule has 0 aromatic heterocycles. The maximum absolute atomic E-state index is 7.31. The summed E-state index contributed by atoms with van der Waals surface area (Å²) in [7, 11) is 0. The monoisotopic (exact) mass is 1240 g/mol. The molecule has 0 bridgehead atoms. The van der Waals surface area contributed by atoms with Gasteiger partial charge in [-0.2, -0.15) is 0 Å². The lowest BCUT2D eigenvalue weighted by Crippen LogP contribution is -2.60. The van der Waals surface area contributed by atoms with Gasteiger partial charge in [-0.1, -0.05) is 266 Å². The van der Waals surface area contributed by atoms with Crippen LogP contribution in [-0.4, -0.2) is 6.71 Å². The summed E-state index contributed by atoms with van der Waals surface area (Å²) in [4.78, 5) is 7.58. The highest BCUT2D eigenvalue weighted by Gasteiger charge is 2.53. The fourth-order valence-electron chi connectivity index (χ4n) is 17.2. The van der Waals surface area contributed by atoms with E-state index < -0.39 is 10.8 Å². The molecule has 0 radical (unpaired) electrons. The van der Waals surface area contributed by atoms with Crippen LogP contribution in [0.15, 0.2) is 289 Å². The van der Waals surface area contributed by atoms with Crippen LogP contribution in [0.4, 0.5) is 34.1 Å². The molecule has 454 valence electrons. The molecule has 1 spiro atoms. The number of ether oxygens (including phenoxy) is 2. The van der Waals surface area contributed by atoms with Crippen molar-refractivity contribution in [3.63, 3.8) is 0 Å². The summed E-state index contributed by atoms with van der Waals surface area (Å²) in [6.07, 6.45) is 0. The Morgan fingerprint density at radius 1 is 0.337 bits per heavy atom. The van der Waals surface area contributed by atoms with Crippen LogP contribution >= 0.6 is 11.8 Å². The second kappa shape index (κ2) is 20.2. The molecule has 0 atom stereocenters. The van der Waals surface area contributed by atoms with E-state index in [4.69, 9.17) is 9.47 Å². The number of hydrogen-bond acceptors (Lipinski definition) is 5. The van der Waals surface area contributed by atoms with Crippen LogP contribution in [0.1, 0.15) is 98.5 Å². The van der Waals surface area contributed by atoms with Gasteiger partial charge in [-0.25, -0.2) is 0 Å². The number of para-hydroxylation sites is 4. The second-order valence-corrected chi connectivity index (χ2v) is 29.8. The molecule has 0 saturated carbocycles. The van der Waals surface area contributed by atoms with E-state index in [1.54, 1.807) is 0 Å². The van der Waals surface area contributed by atoms with Crippen LogP contribution in [0.2, 0.25) is 0 Å². The minimum atomic E-state index is -0.645. The number of fused-ring (bicyclic) bond motifs is 17. The van der Waals surface area contributed by atoms with Crippen molar-refractivity contribution >= 4 is 69.0 Å². The topological polar surface area (TPSA) is 24.9 Å². The van der Waals surface area contributed by atoms with Gasteiger partial charge in [-0.05, 0) is 150 Å². The van der Waals surface area contributed by atoms with Gasteiger partial charge >= 0.3 is 0 Å². The first-order chi connectivity index (χ1) is 46.2. The van der Waals surface area contributed by atoms with E-state index in [0.717, 1.165) is 84.8 Å². The van der Waals surface area contributed by atoms with Crippen LogP contribution in [0.25, 0.3) is 44.5 Å². The molecule has 4 nitrogen and oxygen atoms in total. The maximum atomic E-state index is 7.31. The van der Waals surface area contributed by atoms with Crippen molar-refractivity contribution in [1.82, 2.24) is 0 Å². The average molecular weight is 1240 g/mol. The molecule has 0 fully saturated rings.